The molecule has 3 nitrogen and oxygen atoms in total. The number of carbonyl (C=O) groups is 1. The first-order valence-electron chi connectivity index (χ1n) is 5.82. The second-order valence-corrected chi connectivity index (χ2v) is 4.09. The van der Waals surface area contributed by atoms with E-state index in [4.69, 9.17) is 9.47 Å². The number of unbranched alkanes of at least 4 members (excludes halogenated alkanes) is 1. The molecule has 1 rings (SSSR count). The second-order valence-electron chi connectivity index (χ2n) is 3.60. The van der Waals surface area contributed by atoms with Crippen LogP contribution in [0, 0.1) is 0 Å². The van der Waals surface area contributed by atoms with Crippen molar-refractivity contribution in [3.05, 3.63) is 23.8 Å². The van der Waals surface area contributed by atoms with Crippen LogP contribution in [-0.2, 0) is 4.74 Å². The number of carbonyl (C=O) groups excluding carboxylic acids is 1. The van der Waals surface area contributed by atoms with E-state index in [1.54, 1.807) is 25.1 Å². The van der Waals surface area contributed by atoms with Crippen LogP contribution >= 0.6 is 12.6 Å². The summed E-state index contributed by atoms with van der Waals surface area (Å²) in [6, 6.07) is 5.12. The third-order valence-corrected chi connectivity index (χ3v) is 2.58. The van der Waals surface area contributed by atoms with Gasteiger partial charge in [0.25, 0.3) is 0 Å². The van der Waals surface area contributed by atoms with Crippen molar-refractivity contribution in [1.29, 1.82) is 0 Å². The molecule has 0 bridgehead atoms. The Hall–Kier alpha value is -1.16. The van der Waals surface area contributed by atoms with Crippen LogP contribution in [0.2, 0.25) is 0 Å². The normalized spacial score (nSPS) is 10.1. The van der Waals surface area contributed by atoms with E-state index in [2.05, 4.69) is 19.6 Å². The Labute approximate surface area is 108 Å². The molecule has 0 radical (unpaired) electrons. The smallest absolute Gasteiger partial charge is 0.338 e. The van der Waals surface area contributed by atoms with Gasteiger partial charge in [0.1, 0.15) is 5.75 Å². The molecule has 0 saturated heterocycles. The van der Waals surface area contributed by atoms with Gasteiger partial charge in [0.2, 0.25) is 0 Å². The van der Waals surface area contributed by atoms with Crippen molar-refractivity contribution in [1.82, 2.24) is 0 Å². The van der Waals surface area contributed by atoms with E-state index in [0.29, 0.717) is 29.4 Å². The SMILES string of the molecule is CCCCOc1ccc(C(=O)OCC)cc1S. The molecule has 0 N–H and O–H groups in total. The highest BCUT2D eigenvalue weighted by atomic mass is 32.1. The molecule has 0 aromatic heterocycles. The van der Waals surface area contributed by atoms with Crippen molar-refractivity contribution < 1.29 is 14.3 Å². The molecule has 1 aromatic rings. The fraction of sp³-hybridized carbons (Fsp3) is 0.462. The lowest BCUT2D eigenvalue weighted by Gasteiger charge is -2.09. The Morgan fingerprint density at radius 2 is 2.12 bits per heavy atom. The van der Waals surface area contributed by atoms with Crippen LogP contribution in [0.3, 0.4) is 0 Å². The monoisotopic (exact) mass is 254 g/mol. The highest BCUT2D eigenvalue weighted by molar-refractivity contribution is 7.80. The Balaban J connectivity index is 2.68. The van der Waals surface area contributed by atoms with E-state index in [9.17, 15) is 4.79 Å². The number of esters is 1. The van der Waals surface area contributed by atoms with Gasteiger partial charge in [0.15, 0.2) is 0 Å². The summed E-state index contributed by atoms with van der Waals surface area (Å²) in [5.74, 6) is 0.373. The third kappa shape index (κ3) is 4.30. The van der Waals surface area contributed by atoms with Crippen LogP contribution in [0.4, 0.5) is 0 Å². The topological polar surface area (TPSA) is 35.5 Å². The highest BCUT2D eigenvalue weighted by Gasteiger charge is 2.09. The van der Waals surface area contributed by atoms with Crippen molar-refractivity contribution in [3.8, 4) is 5.75 Å². The first-order valence-corrected chi connectivity index (χ1v) is 6.26. The summed E-state index contributed by atoms with van der Waals surface area (Å²) in [5.41, 5.74) is 0.500. The molecule has 0 heterocycles. The lowest BCUT2D eigenvalue weighted by Crippen LogP contribution is -2.05. The molecular weight excluding hydrogens is 236 g/mol. The maximum Gasteiger partial charge on any atom is 0.338 e. The van der Waals surface area contributed by atoms with Crippen molar-refractivity contribution in [2.24, 2.45) is 0 Å². The summed E-state index contributed by atoms with van der Waals surface area (Å²) in [4.78, 5) is 12.1. The average molecular weight is 254 g/mol. The predicted molar refractivity (Wildman–Crippen MR) is 70.1 cm³/mol. The zero-order valence-corrected chi connectivity index (χ0v) is 11.1. The largest absolute Gasteiger partial charge is 0.492 e. The Bertz CT molecular complexity index is 377. The molecule has 17 heavy (non-hydrogen) atoms. The molecule has 0 unspecified atom stereocenters. The van der Waals surface area contributed by atoms with Crippen LogP contribution in [-0.4, -0.2) is 19.2 Å². The Morgan fingerprint density at radius 1 is 1.35 bits per heavy atom. The molecule has 1 aromatic carbocycles. The molecule has 0 atom stereocenters. The maximum absolute atomic E-state index is 11.5. The molecule has 0 aliphatic carbocycles. The van der Waals surface area contributed by atoms with Gasteiger partial charge >= 0.3 is 5.97 Å². The number of hydrogen-bond acceptors (Lipinski definition) is 4. The summed E-state index contributed by atoms with van der Waals surface area (Å²) >= 11 is 4.30. The molecule has 0 amide bonds. The van der Waals surface area contributed by atoms with Gasteiger partial charge < -0.3 is 9.47 Å². The third-order valence-electron chi connectivity index (χ3n) is 2.23. The van der Waals surface area contributed by atoms with E-state index >= 15 is 0 Å². The van der Waals surface area contributed by atoms with Gasteiger partial charge in [-0.25, -0.2) is 4.79 Å². The second kappa shape index (κ2) is 7.22. The molecule has 0 aliphatic rings. The van der Waals surface area contributed by atoms with Crippen molar-refractivity contribution >= 4 is 18.6 Å². The Kier molecular flexibility index (Phi) is 5.91. The van der Waals surface area contributed by atoms with Gasteiger partial charge in [-0.05, 0) is 31.5 Å². The standard InChI is InChI=1S/C13H18O3S/c1-3-5-8-16-11-7-6-10(9-12(11)17)13(14)15-4-2/h6-7,9,17H,3-5,8H2,1-2H3. The summed E-state index contributed by atoms with van der Waals surface area (Å²) in [5, 5.41) is 0. The molecular formula is C13H18O3S. The fourth-order valence-electron chi connectivity index (χ4n) is 1.31. The van der Waals surface area contributed by atoms with Crippen LogP contribution in [0.15, 0.2) is 23.1 Å². The van der Waals surface area contributed by atoms with E-state index < -0.39 is 0 Å². The summed E-state index contributed by atoms with van der Waals surface area (Å²) in [6.07, 6.45) is 2.09. The van der Waals surface area contributed by atoms with Gasteiger partial charge in [0.05, 0.1) is 18.8 Å². The molecule has 0 fully saturated rings. The predicted octanol–water partition coefficient (Wildman–Crippen LogP) is 3.33. The first-order chi connectivity index (χ1) is 8.19. The maximum atomic E-state index is 11.5. The first kappa shape index (κ1) is 13.9. The van der Waals surface area contributed by atoms with E-state index in [1.165, 1.54) is 0 Å². The van der Waals surface area contributed by atoms with Crippen molar-refractivity contribution in [3.63, 3.8) is 0 Å². The van der Waals surface area contributed by atoms with Gasteiger partial charge in [-0.15, -0.1) is 12.6 Å². The van der Waals surface area contributed by atoms with Crippen LogP contribution in [0.5, 0.6) is 5.75 Å². The number of hydrogen-bond donors (Lipinski definition) is 1. The van der Waals surface area contributed by atoms with E-state index in [1.807, 2.05) is 0 Å². The lowest BCUT2D eigenvalue weighted by molar-refractivity contribution is 0.0526. The van der Waals surface area contributed by atoms with Crippen molar-refractivity contribution in [2.75, 3.05) is 13.2 Å². The molecule has 0 spiro atoms. The van der Waals surface area contributed by atoms with Crippen LogP contribution < -0.4 is 4.74 Å². The highest BCUT2D eigenvalue weighted by Crippen LogP contribution is 2.24. The van der Waals surface area contributed by atoms with Crippen LogP contribution in [0.1, 0.15) is 37.0 Å². The quantitative estimate of drug-likeness (QED) is 0.480. The minimum atomic E-state index is -0.331. The summed E-state index contributed by atoms with van der Waals surface area (Å²) < 4.78 is 10.5. The lowest BCUT2D eigenvalue weighted by atomic mass is 10.2. The minimum absolute atomic E-state index is 0.331. The molecule has 0 aliphatic heterocycles. The van der Waals surface area contributed by atoms with Gasteiger partial charge in [-0.2, -0.15) is 0 Å². The zero-order valence-electron chi connectivity index (χ0n) is 10.2. The summed E-state index contributed by atoms with van der Waals surface area (Å²) in [6.45, 7) is 4.93. The average Bonchev–Trinajstić information content (AvgIpc) is 2.31. The fourth-order valence-corrected chi connectivity index (χ4v) is 1.59. The molecule has 4 heteroatoms. The van der Waals surface area contributed by atoms with Gasteiger partial charge in [-0.1, -0.05) is 13.3 Å². The van der Waals surface area contributed by atoms with Gasteiger partial charge in [0, 0.05) is 4.90 Å². The van der Waals surface area contributed by atoms with Crippen molar-refractivity contribution in [2.45, 2.75) is 31.6 Å². The number of thiol groups is 1. The van der Waals surface area contributed by atoms with Crippen LogP contribution in [0.25, 0.3) is 0 Å². The zero-order chi connectivity index (χ0) is 12.7. The molecule has 0 saturated carbocycles. The Morgan fingerprint density at radius 3 is 2.71 bits per heavy atom. The number of ether oxygens (including phenoxy) is 2. The van der Waals surface area contributed by atoms with E-state index in [-0.39, 0.29) is 5.97 Å². The number of benzene rings is 1. The van der Waals surface area contributed by atoms with E-state index in [0.717, 1.165) is 12.8 Å². The van der Waals surface area contributed by atoms with Gasteiger partial charge in [-0.3, -0.25) is 0 Å². The number of rotatable bonds is 6. The molecule has 94 valence electrons. The minimum Gasteiger partial charge on any atom is -0.492 e. The summed E-state index contributed by atoms with van der Waals surface area (Å²) in [7, 11) is 0.